The molecule has 0 spiro atoms. The lowest BCUT2D eigenvalue weighted by Crippen LogP contribution is -2.46. The van der Waals surface area contributed by atoms with Gasteiger partial charge in [0.25, 0.3) is 0 Å². The third-order valence-electron chi connectivity index (χ3n) is 2.13. The molecule has 0 saturated carbocycles. The molecule has 5 heteroatoms. The van der Waals surface area contributed by atoms with E-state index in [0.717, 1.165) is 0 Å². The number of benzene rings is 1. The van der Waals surface area contributed by atoms with Crippen LogP contribution < -0.4 is 15.4 Å². The summed E-state index contributed by atoms with van der Waals surface area (Å²) >= 11 is 0. The van der Waals surface area contributed by atoms with Crippen LogP contribution in [0.2, 0.25) is 0 Å². The Morgan fingerprint density at radius 3 is 2.37 bits per heavy atom. The van der Waals surface area contributed by atoms with Crippen LogP contribution in [0.4, 0.5) is 5.69 Å². The monoisotopic (exact) mass is 264 g/mol. The third-order valence-corrected chi connectivity index (χ3v) is 2.13. The Morgan fingerprint density at radius 2 is 1.79 bits per heavy atom. The first kappa shape index (κ1) is 15.0. The highest BCUT2D eigenvalue weighted by Crippen LogP contribution is 2.23. The SMILES string of the molecule is CCOc1ccccc1NC(=O)C(=O)NC(C)(C)C. The molecule has 1 aromatic rings. The zero-order valence-corrected chi connectivity index (χ0v) is 11.7. The van der Waals surface area contributed by atoms with Crippen LogP contribution in [-0.2, 0) is 9.59 Å². The van der Waals surface area contributed by atoms with E-state index in [0.29, 0.717) is 18.0 Å². The van der Waals surface area contributed by atoms with Crippen LogP contribution in [0, 0.1) is 0 Å². The lowest BCUT2D eigenvalue weighted by atomic mass is 10.1. The van der Waals surface area contributed by atoms with E-state index in [1.54, 1.807) is 24.3 Å². The number of anilines is 1. The van der Waals surface area contributed by atoms with Crippen LogP contribution >= 0.6 is 0 Å². The second-order valence-corrected chi connectivity index (χ2v) is 5.09. The van der Waals surface area contributed by atoms with Crippen molar-refractivity contribution in [2.24, 2.45) is 0 Å². The molecule has 0 radical (unpaired) electrons. The standard InChI is InChI=1S/C14H20N2O3/c1-5-19-11-9-7-6-8-10(11)15-12(17)13(18)16-14(2,3)4/h6-9H,5H2,1-4H3,(H,15,17)(H,16,18). The Labute approximate surface area is 113 Å². The summed E-state index contributed by atoms with van der Waals surface area (Å²) in [6.07, 6.45) is 0. The molecule has 2 amide bonds. The molecular formula is C14H20N2O3. The molecule has 1 aromatic carbocycles. The van der Waals surface area contributed by atoms with E-state index >= 15 is 0 Å². The summed E-state index contributed by atoms with van der Waals surface area (Å²) in [5.74, 6) is -0.831. The molecule has 0 fully saturated rings. The number of carbonyl (C=O) groups is 2. The maximum atomic E-state index is 11.8. The van der Waals surface area contributed by atoms with Crippen molar-refractivity contribution in [2.45, 2.75) is 33.2 Å². The molecule has 2 N–H and O–H groups in total. The summed E-state index contributed by atoms with van der Waals surface area (Å²) in [5, 5.41) is 5.14. The topological polar surface area (TPSA) is 67.4 Å². The number of hydrogen-bond acceptors (Lipinski definition) is 3. The molecule has 0 unspecified atom stereocenters. The van der Waals surface area contributed by atoms with Crippen LogP contribution in [0.1, 0.15) is 27.7 Å². The van der Waals surface area contributed by atoms with Crippen LogP contribution in [0.25, 0.3) is 0 Å². The van der Waals surface area contributed by atoms with Gasteiger partial charge in [0.05, 0.1) is 12.3 Å². The van der Waals surface area contributed by atoms with Gasteiger partial charge in [0.15, 0.2) is 0 Å². The Bertz CT molecular complexity index is 464. The van der Waals surface area contributed by atoms with Gasteiger partial charge in [0.2, 0.25) is 0 Å². The van der Waals surface area contributed by atoms with Gasteiger partial charge in [0, 0.05) is 5.54 Å². The molecule has 1 rings (SSSR count). The predicted molar refractivity (Wildman–Crippen MR) is 74.1 cm³/mol. The second kappa shape index (κ2) is 6.22. The number of carbonyl (C=O) groups excluding carboxylic acids is 2. The van der Waals surface area contributed by atoms with Gasteiger partial charge < -0.3 is 15.4 Å². The van der Waals surface area contributed by atoms with Crippen LogP contribution in [0.5, 0.6) is 5.75 Å². The minimum Gasteiger partial charge on any atom is -0.492 e. The molecule has 0 aromatic heterocycles. The molecular weight excluding hydrogens is 244 g/mol. The zero-order valence-electron chi connectivity index (χ0n) is 11.7. The quantitative estimate of drug-likeness (QED) is 0.820. The third kappa shape index (κ3) is 4.99. The molecule has 0 aliphatic rings. The summed E-state index contributed by atoms with van der Waals surface area (Å²) in [4.78, 5) is 23.4. The van der Waals surface area contributed by atoms with Gasteiger partial charge in [-0.2, -0.15) is 0 Å². The maximum absolute atomic E-state index is 11.8. The predicted octanol–water partition coefficient (Wildman–Crippen LogP) is 1.94. The molecule has 0 aliphatic carbocycles. The van der Waals surface area contributed by atoms with E-state index in [-0.39, 0.29) is 0 Å². The molecule has 5 nitrogen and oxygen atoms in total. The van der Waals surface area contributed by atoms with Crippen LogP contribution in [-0.4, -0.2) is 24.0 Å². The van der Waals surface area contributed by atoms with Gasteiger partial charge in [-0.3, -0.25) is 9.59 Å². The van der Waals surface area contributed by atoms with Crippen molar-refractivity contribution >= 4 is 17.5 Å². The van der Waals surface area contributed by atoms with Crippen molar-refractivity contribution in [1.29, 1.82) is 0 Å². The minimum atomic E-state index is -0.706. The average Bonchev–Trinajstić information content (AvgIpc) is 2.29. The van der Waals surface area contributed by atoms with Gasteiger partial charge in [-0.05, 0) is 39.8 Å². The average molecular weight is 264 g/mol. The number of nitrogens with one attached hydrogen (secondary N) is 2. The molecule has 104 valence electrons. The van der Waals surface area contributed by atoms with Crippen molar-refractivity contribution in [3.8, 4) is 5.75 Å². The summed E-state index contributed by atoms with van der Waals surface area (Å²) in [6.45, 7) is 7.77. The summed E-state index contributed by atoms with van der Waals surface area (Å²) in [7, 11) is 0. The fraction of sp³-hybridized carbons (Fsp3) is 0.429. The van der Waals surface area contributed by atoms with Crippen molar-refractivity contribution in [3.63, 3.8) is 0 Å². The minimum absolute atomic E-state index is 0.451. The molecule has 0 saturated heterocycles. The van der Waals surface area contributed by atoms with Gasteiger partial charge in [-0.15, -0.1) is 0 Å². The second-order valence-electron chi connectivity index (χ2n) is 5.09. The van der Waals surface area contributed by atoms with Crippen molar-refractivity contribution in [2.75, 3.05) is 11.9 Å². The van der Waals surface area contributed by atoms with E-state index in [2.05, 4.69) is 10.6 Å². The number of ether oxygens (including phenoxy) is 1. The number of hydrogen-bond donors (Lipinski definition) is 2. The number of rotatable bonds is 3. The van der Waals surface area contributed by atoms with Crippen molar-refractivity contribution in [1.82, 2.24) is 5.32 Å². The Hall–Kier alpha value is -2.04. The Kier molecular flexibility index (Phi) is 4.92. The van der Waals surface area contributed by atoms with Gasteiger partial charge in [-0.1, -0.05) is 12.1 Å². The van der Waals surface area contributed by atoms with E-state index in [4.69, 9.17) is 4.74 Å². The lowest BCUT2D eigenvalue weighted by Gasteiger charge is -2.20. The van der Waals surface area contributed by atoms with E-state index in [9.17, 15) is 9.59 Å². The first-order valence-corrected chi connectivity index (χ1v) is 6.19. The van der Waals surface area contributed by atoms with E-state index < -0.39 is 17.4 Å². The smallest absolute Gasteiger partial charge is 0.313 e. The molecule has 0 bridgehead atoms. The fourth-order valence-corrected chi connectivity index (χ4v) is 1.43. The van der Waals surface area contributed by atoms with E-state index in [1.165, 1.54) is 0 Å². The molecule has 19 heavy (non-hydrogen) atoms. The van der Waals surface area contributed by atoms with Crippen LogP contribution in [0.15, 0.2) is 24.3 Å². The number of amides is 2. The first-order valence-electron chi connectivity index (χ1n) is 6.19. The molecule has 0 atom stereocenters. The normalized spacial score (nSPS) is 10.7. The van der Waals surface area contributed by atoms with Gasteiger partial charge in [0.1, 0.15) is 5.75 Å². The highest BCUT2D eigenvalue weighted by molar-refractivity contribution is 6.39. The van der Waals surface area contributed by atoms with Crippen LogP contribution in [0.3, 0.4) is 0 Å². The zero-order chi connectivity index (χ0) is 14.5. The van der Waals surface area contributed by atoms with Crippen molar-refractivity contribution in [3.05, 3.63) is 24.3 Å². The lowest BCUT2D eigenvalue weighted by molar-refractivity contribution is -0.137. The Morgan fingerprint density at radius 1 is 1.16 bits per heavy atom. The summed E-state index contributed by atoms with van der Waals surface area (Å²) < 4.78 is 5.37. The van der Waals surface area contributed by atoms with Gasteiger partial charge >= 0.3 is 11.8 Å². The maximum Gasteiger partial charge on any atom is 0.313 e. The highest BCUT2D eigenvalue weighted by atomic mass is 16.5. The summed E-state index contributed by atoms with van der Waals surface area (Å²) in [6, 6.07) is 6.99. The summed E-state index contributed by atoms with van der Waals surface area (Å²) in [5.41, 5.74) is 0.0341. The fourth-order valence-electron chi connectivity index (χ4n) is 1.43. The Balaban J connectivity index is 2.74. The van der Waals surface area contributed by atoms with Gasteiger partial charge in [-0.25, -0.2) is 0 Å². The largest absolute Gasteiger partial charge is 0.492 e. The highest BCUT2D eigenvalue weighted by Gasteiger charge is 2.21. The molecule has 0 heterocycles. The molecule has 0 aliphatic heterocycles. The van der Waals surface area contributed by atoms with Crippen molar-refractivity contribution < 1.29 is 14.3 Å². The van der Waals surface area contributed by atoms with E-state index in [1.807, 2.05) is 27.7 Å². The first-order chi connectivity index (χ1) is 8.83. The number of para-hydroxylation sites is 2.